The van der Waals surface area contributed by atoms with E-state index in [-0.39, 0.29) is 0 Å². The zero-order valence-electron chi connectivity index (χ0n) is 5.91. The lowest BCUT2D eigenvalue weighted by Crippen LogP contribution is -2.25. The van der Waals surface area contributed by atoms with E-state index in [1.165, 1.54) is 0 Å². The van der Waals surface area contributed by atoms with Gasteiger partial charge >= 0.3 is 0 Å². The summed E-state index contributed by atoms with van der Waals surface area (Å²) >= 11 is 0. The number of nitrogens with zero attached hydrogens (tertiary/aromatic N) is 3. The van der Waals surface area contributed by atoms with Crippen molar-refractivity contribution in [2.75, 3.05) is 11.9 Å². The van der Waals surface area contributed by atoms with Crippen LogP contribution in [0.1, 0.15) is 6.92 Å². The summed E-state index contributed by atoms with van der Waals surface area (Å²) in [5.74, 6) is 1.56. The smallest absolute Gasteiger partial charge is 0.221 e. The van der Waals surface area contributed by atoms with E-state index in [2.05, 4.69) is 22.3 Å². The summed E-state index contributed by atoms with van der Waals surface area (Å²) in [6.07, 6.45) is 1.58. The van der Waals surface area contributed by atoms with Crippen LogP contribution < -0.4 is 5.32 Å². The summed E-state index contributed by atoms with van der Waals surface area (Å²) < 4.78 is 1.90. The Labute approximate surface area is 59.3 Å². The van der Waals surface area contributed by atoms with Crippen LogP contribution in [0, 0.1) is 5.92 Å². The minimum Gasteiger partial charge on any atom is -0.354 e. The van der Waals surface area contributed by atoms with Gasteiger partial charge in [-0.1, -0.05) is 6.92 Å². The lowest BCUT2D eigenvalue weighted by atomic mass is 10.1. The highest BCUT2D eigenvalue weighted by atomic mass is 15.4. The normalized spacial score (nSPS) is 23.5. The molecular weight excluding hydrogens is 128 g/mol. The molecule has 10 heavy (non-hydrogen) atoms. The second-order valence-corrected chi connectivity index (χ2v) is 2.75. The van der Waals surface area contributed by atoms with Crippen molar-refractivity contribution >= 4 is 5.95 Å². The van der Waals surface area contributed by atoms with Gasteiger partial charge in [-0.3, -0.25) is 0 Å². The maximum absolute atomic E-state index is 4.05. The van der Waals surface area contributed by atoms with Gasteiger partial charge in [0.2, 0.25) is 5.95 Å². The number of nitrogens with one attached hydrogen (secondary N) is 1. The van der Waals surface area contributed by atoms with Crippen LogP contribution in [0.15, 0.2) is 6.33 Å². The third-order valence-corrected chi connectivity index (χ3v) is 1.71. The standard InChI is InChI=1S/C6H10N4/c1-5-2-7-6-8-4-9-10(6)3-5/h4-5H,2-3H2,1H3,(H,7,8,9). The zero-order valence-corrected chi connectivity index (χ0v) is 5.91. The van der Waals surface area contributed by atoms with Crippen LogP contribution >= 0.6 is 0 Å². The molecule has 0 radical (unpaired) electrons. The van der Waals surface area contributed by atoms with Crippen LogP contribution in [0.2, 0.25) is 0 Å². The van der Waals surface area contributed by atoms with Gasteiger partial charge in [0.25, 0.3) is 0 Å². The van der Waals surface area contributed by atoms with Gasteiger partial charge in [0, 0.05) is 13.1 Å². The van der Waals surface area contributed by atoms with Crippen molar-refractivity contribution in [1.29, 1.82) is 0 Å². The Kier molecular flexibility index (Phi) is 1.12. The molecule has 1 unspecified atom stereocenters. The third kappa shape index (κ3) is 0.761. The number of fused-ring (bicyclic) bond motifs is 1. The number of hydrogen-bond donors (Lipinski definition) is 1. The molecule has 54 valence electrons. The molecule has 0 fully saturated rings. The van der Waals surface area contributed by atoms with E-state index < -0.39 is 0 Å². The van der Waals surface area contributed by atoms with Gasteiger partial charge in [-0.2, -0.15) is 10.1 Å². The molecule has 4 nitrogen and oxygen atoms in total. The monoisotopic (exact) mass is 138 g/mol. The van der Waals surface area contributed by atoms with Crippen LogP contribution in [0.25, 0.3) is 0 Å². The van der Waals surface area contributed by atoms with Crippen molar-refractivity contribution in [1.82, 2.24) is 14.8 Å². The van der Waals surface area contributed by atoms with E-state index in [4.69, 9.17) is 0 Å². The summed E-state index contributed by atoms with van der Waals surface area (Å²) in [6, 6.07) is 0. The van der Waals surface area contributed by atoms with Gasteiger partial charge in [0.1, 0.15) is 6.33 Å². The molecule has 1 atom stereocenters. The molecule has 0 spiro atoms. The van der Waals surface area contributed by atoms with Crippen LogP contribution in [0.3, 0.4) is 0 Å². The number of rotatable bonds is 0. The fourth-order valence-corrected chi connectivity index (χ4v) is 1.16. The quantitative estimate of drug-likeness (QED) is 0.562. The van der Waals surface area contributed by atoms with Crippen molar-refractivity contribution in [3.63, 3.8) is 0 Å². The minimum absolute atomic E-state index is 0.661. The predicted octanol–water partition coefficient (Wildman–Crippen LogP) is 0.340. The molecule has 1 N–H and O–H groups in total. The number of anilines is 1. The van der Waals surface area contributed by atoms with Crippen molar-refractivity contribution < 1.29 is 0 Å². The molecule has 0 amide bonds. The Bertz CT molecular complexity index is 229. The lowest BCUT2D eigenvalue weighted by Gasteiger charge is -2.19. The molecule has 4 heteroatoms. The maximum atomic E-state index is 4.05. The molecule has 0 aromatic carbocycles. The van der Waals surface area contributed by atoms with Gasteiger partial charge in [-0.25, -0.2) is 4.68 Å². The maximum Gasteiger partial charge on any atom is 0.221 e. The number of hydrogen-bond acceptors (Lipinski definition) is 3. The van der Waals surface area contributed by atoms with Crippen molar-refractivity contribution in [2.45, 2.75) is 13.5 Å². The molecule has 1 aromatic rings. The Hall–Kier alpha value is -1.06. The van der Waals surface area contributed by atoms with Gasteiger partial charge < -0.3 is 5.32 Å². The second-order valence-electron chi connectivity index (χ2n) is 2.75. The van der Waals surface area contributed by atoms with Crippen LogP contribution in [0.4, 0.5) is 5.95 Å². The molecule has 1 aliphatic rings. The van der Waals surface area contributed by atoms with Crippen molar-refractivity contribution in [3.05, 3.63) is 6.33 Å². The molecular formula is C6H10N4. The van der Waals surface area contributed by atoms with Crippen molar-refractivity contribution in [3.8, 4) is 0 Å². The fourth-order valence-electron chi connectivity index (χ4n) is 1.16. The Morgan fingerprint density at radius 2 is 2.70 bits per heavy atom. The van der Waals surface area contributed by atoms with E-state index in [1.54, 1.807) is 6.33 Å². The molecule has 1 aliphatic heterocycles. The second kappa shape index (κ2) is 1.97. The van der Waals surface area contributed by atoms with Gasteiger partial charge in [-0.15, -0.1) is 0 Å². The topological polar surface area (TPSA) is 42.7 Å². The molecule has 1 aromatic heterocycles. The average molecular weight is 138 g/mol. The summed E-state index contributed by atoms with van der Waals surface area (Å²) in [6.45, 7) is 4.19. The summed E-state index contributed by atoms with van der Waals surface area (Å²) in [4.78, 5) is 4.03. The molecule has 0 saturated carbocycles. The number of aromatic nitrogens is 3. The van der Waals surface area contributed by atoms with E-state index in [9.17, 15) is 0 Å². The first-order valence-electron chi connectivity index (χ1n) is 3.48. The molecule has 0 bridgehead atoms. The largest absolute Gasteiger partial charge is 0.354 e. The first-order chi connectivity index (χ1) is 4.86. The van der Waals surface area contributed by atoms with Gasteiger partial charge in [0.05, 0.1) is 0 Å². The van der Waals surface area contributed by atoms with E-state index >= 15 is 0 Å². The van der Waals surface area contributed by atoms with Gasteiger partial charge in [-0.05, 0) is 5.92 Å². The molecule has 0 saturated heterocycles. The molecule has 2 rings (SSSR count). The zero-order chi connectivity index (χ0) is 6.97. The van der Waals surface area contributed by atoms with Crippen molar-refractivity contribution in [2.24, 2.45) is 5.92 Å². The average Bonchev–Trinajstić information content (AvgIpc) is 2.33. The van der Waals surface area contributed by atoms with Crippen LogP contribution in [-0.4, -0.2) is 21.3 Å². The minimum atomic E-state index is 0.661. The Balaban J connectivity index is 2.30. The van der Waals surface area contributed by atoms with Crippen LogP contribution in [0.5, 0.6) is 0 Å². The molecule has 0 aliphatic carbocycles. The van der Waals surface area contributed by atoms with E-state index in [0.29, 0.717) is 5.92 Å². The highest BCUT2D eigenvalue weighted by molar-refractivity contribution is 5.24. The Morgan fingerprint density at radius 3 is 3.60 bits per heavy atom. The first kappa shape index (κ1) is 5.70. The fraction of sp³-hybridized carbons (Fsp3) is 0.667. The summed E-state index contributed by atoms with van der Waals surface area (Å²) in [5.41, 5.74) is 0. The summed E-state index contributed by atoms with van der Waals surface area (Å²) in [5, 5.41) is 7.23. The highest BCUT2D eigenvalue weighted by Crippen LogP contribution is 2.11. The molecule has 2 heterocycles. The Morgan fingerprint density at radius 1 is 1.80 bits per heavy atom. The predicted molar refractivity (Wildman–Crippen MR) is 37.7 cm³/mol. The third-order valence-electron chi connectivity index (χ3n) is 1.71. The lowest BCUT2D eigenvalue weighted by molar-refractivity contribution is 0.443. The highest BCUT2D eigenvalue weighted by Gasteiger charge is 2.14. The van der Waals surface area contributed by atoms with E-state index in [0.717, 1.165) is 19.0 Å². The summed E-state index contributed by atoms with van der Waals surface area (Å²) in [7, 11) is 0. The first-order valence-corrected chi connectivity index (χ1v) is 3.48. The van der Waals surface area contributed by atoms with Gasteiger partial charge in [0.15, 0.2) is 0 Å². The van der Waals surface area contributed by atoms with Crippen LogP contribution in [-0.2, 0) is 6.54 Å². The van der Waals surface area contributed by atoms with E-state index in [1.807, 2.05) is 4.68 Å². The SMILES string of the molecule is CC1CNc2ncnn2C1.